The van der Waals surface area contributed by atoms with Crippen LogP contribution in [0, 0.1) is 5.82 Å². The van der Waals surface area contributed by atoms with Gasteiger partial charge in [0.25, 0.3) is 0 Å². The van der Waals surface area contributed by atoms with Crippen LogP contribution in [0.4, 0.5) is 4.39 Å². The molecular formula is C41H31FO4. The SMILES string of the molecule is COc1ccc(-c2cc(-c3ccc(-c4c(Cc5ccc(F)cc5)oc5ccccc45)cc3)cc(-c3ccc(OC)cc3)c2O)cc1. The van der Waals surface area contributed by atoms with Crippen molar-refractivity contribution in [1.82, 2.24) is 0 Å². The van der Waals surface area contributed by atoms with Crippen LogP contribution in [0.25, 0.3) is 55.5 Å². The zero-order valence-corrected chi connectivity index (χ0v) is 25.5. The van der Waals surface area contributed by atoms with Crippen molar-refractivity contribution in [3.05, 3.63) is 151 Å². The van der Waals surface area contributed by atoms with Crippen molar-refractivity contribution < 1.29 is 23.4 Å². The third kappa shape index (κ3) is 5.59. The monoisotopic (exact) mass is 606 g/mol. The number of benzene rings is 6. The van der Waals surface area contributed by atoms with Crippen LogP contribution in [-0.4, -0.2) is 19.3 Å². The highest BCUT2D eigenvalue weighted by atomic mass is 19.1. The molecule has 6 aromatic carbocycles. The molecule has 0 aliphatic carbocycles. The maximum Gasteiger partial charge on any atom is 0.134 e. The molecule has 0 fully saturated rings. The molecule has 7 rings (SSSR count). The lowest BCUT2D eigenvalue weighted by molar-refractivity contribution is 0.415. The Kier molecular flexibility index (Phi) is 7.73. The first-order valence-electron chi connectivity index (χ1n) is 15.0. The Morgan fingerprint density at radius 1 is 0.587 bits per heavy atom. The predicted molar refractivity (Wildman–Crippen MR) is 182 cm³/mol. The topological polar surface area (TPSA) is 51.8 Å². The van der Waals surface area contributed by atoms with Gasteiger partial charge in [-0.05, 0) is 88.0 Å². The summed E-state index contributed by atoms with van der Waals surface area (Å²) in [6.45, 7) is 0. The molecule has 0 spiro atoms. The summed E-state index contributed by atoms with van der Waals surface area (Å²) in [5.74, 6) is 2.26. The van der Waals surface area contributed by atoms with Crippen LogP contribution in [0.5, 0.6) is 17.2 Å². The van der Waals surface area contributed by atoms with Crippen molar-refractivity contribution in [3.8, 4) is 61.8 Å². The van der Waals surface area contributed by atoms with Crippen LogP contribution < -0.4 is 9.47 Å². The van der Waals surface area contributed by atoms with Gasteiger partial charge >= 0.3 is 0 Å². The van der Waals surface area contributed by atoms with Crippen molar-refractivity contribution in [3.63, 3.8) is 0 Å². The number of phenols is 1. The fraction of sp³-hybridized carbons (Fsp3) is 0.0732. The average molecular weight is 607 g/mol. The van der Waals surface area contributed by atoms with E-state index in [4.69, 9.17) is 13.9 Å². The van der Waals surface area contributed by atoms with Crippen LogP contribution in [0.1, 0.15) is 11.3 Å². The van der Waals surface area contributed by atoms with E-state index in [-0.39, 0.29) is 11.6 Å². The second-order valence-corrected chi connectivity index (χ2v) is 11.2. The number of hydrogen-bond acceptors (Lipinski definition) is 4. The molecule has 1 heterocycles. The maximum absolute atomic E-state index is 13.6. The van der Waals surface area contributed by atoms with Crippen molar-refractivity contribution in [2.75, 3.05) is 14.2 Å². The van der Waals surface area contributed by atoms with E-state index in [9.17, 15) is 9.50 Å². The van der Waals surface area contributed by atoms with Gasteiger partial charge < -0.3 is 19.0 Å². The predicted octanol–water partition coefficient (Wildman–Crippen LogP) is 10.6. The van der Waals surface area contributed by atoms with Gasteiger partial charge in [-0.3, -0.25) is 0 Å². The Balaban J connectivity index is 1.32. The first-order valence-corrected chi connectivity index (χ1v) is 15.0. The van der Waals surface area contributed by atoms with Crippen LogP contribution in [0.15, 0.2) is 138 Å². The second-order valence-electron chi connectivity index (χ2n) is 11.2. The highest BCUT2D eigenvalue weighted by Crippen LogP contribution is 2.43. The largest absolute Gasteiger partial charge is 0.507 e. The molecule has 1 aromatic heterocycles. The fourth-order valence-electron chi connectivity index (χ4n) is 5.94. The molecule has 0 radical (unpaired) electrons. The van der Waals surface area contributed by atoms with Crippen LogP contribution in [0.3, 0.4) is 0 Å². The number of aromatic hydroxyl groups is 1. The van der Waals surface area contributed by atoms with Crippen molar-refractivity contribution in [1.29, 1.82) is 0 Å². The molecule has 0 saturated carbocycles. The molecule has 226 valence electrons. The lowest BCUT2D eigenvalue weighted by atomic mass is 9.91. The Labute approximate surface area is 266 Å². The summed E-state index contributed by atoms with van der Waals surface area (Å²) < 4.78 is 30.7. The quantitative estimate of drug-likeness (QED) is 0.187. The summed E-state index contributed by atoms with van der Waals surface area (Å²) in [6, 6.07) is 42.4. The molecule has 0 bridgehead atoms. The van der Waals surface area contributed by atoms with Crippen LogP contribution in [-0.2, 0) is 6.42 Å². The molecule has 0 aliphatic rings. The molecule has 0 atom stereocenters. The van der Waals surface area contributed by atoms with E-state index in [1.54, 1.807) is 26.4 Å². The van der Waals surface area contributed by atoms with Crippen molar-refractivity contribution >= 4 is 11.0 Å². The van der Waals surface area contributed by atoms with Gasteiger partial charge in [0.05, 0.1) is 14.2 Å². The van der Waals surface area contributed by atoms with Gasteiger partial charge in [-0.1, -0.05) is 78.9 Å². The molecule has 4 nitrogen and oxygen atoms in total. The Bertz CT molecular complexity index is 2060. The number of phenolic OH excluding ortho intramolecular Hbond substituents is 1. The van der Waals surface area contributed by atoms with E-state index >= 15 is 0 Å². The number of hydrogen-bond donors (Lipinski definition) is 1. The zero-order chi connectivity index (χ0) is 31.6. The van der Waals surface area contributed by atoms with E-state index in [0.717, 1.165) is 78.3 Å². The normalized spacial score (nSPS) is 11.1. The van der Waals surface area contributed by atoms with Crippen LogP contribution >= 0.6 is 0 Å². The number of halogens is 1. The van der Waals surface area contributed by atoms with Gasteiger partial charge in [-0.15, -0.1) is 0 Å². The molecule has 46 heavy (non-hydrogen) atoms. The van der Waals surface area contributed by atoms with Crippen molar-refractivity contribution in [2.24, 2.45) is 0 Å². The van der Waals surface area contributed by atoms with Gasteiger partial charge in [-0.25, -0.2) is 4.39 Å². The molecular weight excluding hydrogens is 575 g/mol. The smallest absolute Gasteiger partial charge is 0.134 e. The van der Waals surface area contributed by atoms with Crippen LogP contribution in [0.2, 0.25) is 0 Å². The summed E-state index contributed by atoms with van der Waals surface area (Å²) in [5.41, 5.74) is 8.99. The Hall–Kier alpha value is -5.81. The standard InChI is InChI=1S/C41H31FO4/c1-44-33-19-13-28(14-20-33)36-24-31(25-37(41(36)43)29-15-21-34(45-2)22-16-29)27-9-11-30(12-10-27)40-35-5-3-4-6-38(35)46-39(40)23-26-7-17-32(42)18-8-26/h3-22,24-25,43H,23H2,1-2H3. The lowest BCUT2D eigenvalue weighted by Gasteiger charge is -2.15. The van der Waals surface area contributed by atoms with Crippen molar-refractivity contribution in [2.45, 2.75) is 6.42 Å². The fourth-order valence-corrected chi connectivity index (χ4v) is 5.94. The van der Waals surface area contributed by atoms with E-state index in [1.807, 2.05) is 78.9 Å². The minimum Gasteiger partial charge on any atom is -0.507 e. The highest BCUT2D eigenvalue weighted by Gasteiger charge is 2.18. The number of methoxy groups -OCH3 is 2. The third-order valence-corrected chi connectivity index (χ3v) is 8.37. The number of para-hydroxylation sites is 1. The highest BCUT2D eigenvalue weighted by molar-refractivity contribution is 5.96. The molecule has 7 aromatic rings. The molecule has 0 unspecified atom stereocenters. The van der Waals surface area contributed by atoms with Gasteiger partial charge in [0, 0.05) is 28.5 Å². The minimum atomic E-state index is -0.260. The minimum absolute atomic E-state index is 0.200. The summed E-state index contributed by atoms with van der Waals surface area (Å²) >= 11 is 0. The molecule has 1 N–H and O–H groups in total. The number of ether oxygens (including phenoxy) is 2. The first-order chi connectivity index (χ1) is 22.5. The van der Waals surface area contributed by atoms with E-state index < -0.39 is 0 Å². The van der Waals surface area contributed by atoms with Gasteiger partial charge in [0.1, 0.15) is 34.4 Å². The maximum atomic E-state index is 13.6. The second kappa shape index (κ2) is 12.3. The Morgan fingerprint density at radius 2 is 1.11 bits per heavy atom. The molecule has 5 heteroatoms. The average Bonchev–Trinajstić information content (AvgIpc) is 3.47. The van der Waals surface area contributed by atoms with E-state index in [1.165, 1.54) is 12.1 Å². The molecule has 0 aliphatic heterocycles. The molecule has 0 saturated heterocycles. The number of fused-ring (bicyclic) bond motifs is 1. The summed E-state index contributed by atoms with van der Waals surface area (Å²) in [4.78, 5) is 0. The van der Waals surface area contributed by atoms with Gasteiger partial charge in [-0.2, -0.15) is 0 Å². The summed E-state index contributed by atoms with van der Waals surface area (Å²) in [5, 5.41) is 12.6. The van der Waals surface area contributed by atoms with E-state index in [0.29, 0.717) is 6.42 Å². The number of furan rings is 1. The van der Waals surface area contributed by atoms with Gasteiger partial charge in [0.15, 0.2) is 0 Å². The third-order valence-electron chi connectivity index (χ3n) is 8.37. The lowest BCUT2D eigenvalue weighted by Crippen LogP contribution is -1.91. The zero-order valence-electron chi connectivity index (χ0n) is 25.5. The van der Waals surface area contributed by atoms with E-state index in [2.05, 4.69) is 30.3 Å². The summed E-state index contributed by atoms with van der Waals surface area (Å²) in [7, 11) is 3.27. The number of rotatable bonds is 8. The Morgan fingerprint density at radius 3 is 1.67 bits per heavy atom. The summed E-state index contributed by atoms with van der Waals surface area (Å²) in [6.07, 6.45) is 0.542. The first kappa shape index (κ1) is 28.9. The molecule has 0 amide bonds. The van der Waals surface area contributed by atoms with Gasteiger partial charge in [0.2, 0.25) is 0 Å².